The molecule has 1 heterocycles. The number of ether oxygens (including phenoxy) is 1. The van der Waals surface area contributed by atoms with E-state index in [0.717, 1.165) is 6.42 Å². The number of nitrogens with two attached hydrogens (primary N) is 1. The van der Waals surface area contributed by atoms with Crippen LogP contribution in [-0.2, 0) is 6.42 Å². The Balaban J connectivity index is 2.27. The maximum atomic E-state index is 14.7. The molecule has 188 valence electrons. The summed E-state index contributed by atoms with van der Waals surface area (Å²) in [6.45, 7) is 4.42. The minimum atomic E-state index is -1.37. The molecule has 0 unspecified atom stereocenters. The molecule has 3 aromatic rings. The molecule has 0 aliphatic carbocycles. The third kappa shape index (κ3) is 5.83. The molecule has 1 aromatic heterocycles. The number of aromatic nitrogens is 1. The lowest BCUT2D eigenvalue weighted by Crippen LogP contribution is -2.25. The minimum Gasteiger partial charge on any atom is -0.493 e. The zero-order chi connectivity index (χ0) is 25.7. The highest BCUT2D eigenvalue weighted by molar-refractivity contribution is 6.30. The number of carbonyl (C=O) groups is 1. The van der Waals surface area contributed by atoms with E-state index in [9.17, 15) is 24.2 Å². The summed E-state index contributed by atoms with van der Waals surface area (Å²) in [7, 11) is 0. The van der Waals surface area contributed by atoms with E-state index in [1.807, 2.05) is 13.8 Å². The zero-order valence-corrected chi connectivity index (χ0v) is 20.5. The van der Waals surface area contributed by atoms with Crippen LogP contribution in [0.15, 0.2) is 41.3 Å². The smallest absolute Gasteiger partial charge is 0.341 e. The van der Waals surface area contributed by atoms with Crippen molar-refractivity contribution in [1.29, 1.82) is 0 Å². The van der Waals surface area contributed by atoms with Crippen LogP contribution in [0.1, 0.15) is 54.2 Å². The van der Waals surface area contributed by atoms with Gasteiger partial charge in [0.25, 0.3) is 0 Å². The fourth-order valence-electron chi connectivity index (χ4n) is 4.06. The van der Waals surface area contributed by atoms with Gasteiger partial charge in [-0.05, 0) is 48.6 Å². The van der Waals surface area contributed by atoms with Crippen molar-refractivity contribution in [3.05, 3.63) is 74.3 Å². The number of unbranched alkanes of at least 4 members (excludes halogenated alkanes) is 1. The molecule has 0 saturated heterocycles. The van der Waals surface area contributed by atoms with E-state index in [0.29, 0.717) is 42.0 Å². The molecule has 3 rings (SSSR count). The number of benzene rings is 2. The average Bonchev–Trinajstić information content (AvgIpc) is 2.81. The number of nitrogens with zero attached hydrogens (tertiary/aromatic N) is 1. The summed E-state index contributed by atoms with van der Waals surface area (Å²) >= 11 is 5.95. The van der Waals surface area contributed by atoms with Crippen LogP contribution in [0, 0.1) is 11.7 Å². The first-order chi connectivity index (χ1) is 16.7. The average molecular weight is 505 g/mol. The van der Waals surface area contributed by atoms with E-state index >= 15 is 0 Å². The molecule has 0 bridgehead atoms. The van der Waals surface area contributed by atoms with Gasteiger partial charge in [0, 0.05) is 24.1 Å². The Hall–Kier alpha value is -2.94. The summed E-state index contributed by atoms with van der Waals surface area (Å²) in [4.78, 5) is 25.0. The van der Waals surface area contributed by atoms with Crippen molar-refractivity contribution in [2.45, 2.75) is 39.2 Å². The molecular formula is C26H30ClFN2O5. The quantitative estimate of drug-likeness (QED) is 0.334. The Morgan fingerprint density at radius 1 is 1.23 bits per heavy atom. The van der Waals surface area contributed by atoms with E-state index in [4.69, 9.17) is 22.1 Å². The molecule has 0 radical (unpaired) electrons. The number of pyridine rings is 1. The van der Waals surface area contributed by atoms with Crippen LogP contribution >= 0.6 is 11.6 Å². The molecule has 0 spiro atoms. The molecule has 0 saturated carbocycles. The molecule has 0 amide bonds. The number of carboxylic acid groups (broad SMARTS) is 1. The molecule has 4 N–H and O–H groups in total. The van der Waals surface area contributed by atoms with Crippen molar-refractivity contribution in [2.75, 3.05) is 19.8 Å². The van der Waals surface area contributed by atoms with Crippen LogP contribution in [0.2, 0.25) is 5.02 Å². The van der Waals surface area contributed by atoms with Gasteiger partial charge in [0.15, 0.2) is 0 Å². The van der Waals surface area contributed by atoms with Crippen molar-refractivity contribution in [2.24, 2.45) is 11.7 Å². The van der Waals surface area contributed by atoms with Crippen LogP contribution in [0.5, 0.6) is 5.75 Å². The number of fused-ring (bicyclic) bond motifs is 1. The standard InChI is InChI=1S/C26H30ClFN2O5/c1-15(2)22(14-31)30-13-19(26(33)34)25(32)18-11-17(10-16-6-5-7-20(27)24(16)28)23(12-21(18)30)35-9-4-3-8-29/h5-7,11-13,15,22,31H,3-4,8-10,14,29H2,1-2H3,(H,33,34)/t22-/m1/s1. The summed E-state index contributed by atoms with van der Waals surface area (Å²) in [6, 6.07) is 7.41. The Kier molecular flexibility index (Phi) is 8.88. The SMILES string of the molecule is CC(C)[C@@H](CO)n1cc(C(=O)O)c(=O)c2cc(Cc3cccc(Cl)c3F)c(OCCCCN)cc21. The highest BCUT2D eigenvalue weighted by Crippen LogP contribution is 2.32. The molecule has 2 aromatic carbocycles. The molecule has 7 nitrogen and oxygen atoms in total. The molecule has 1 atom stereocenters. The van der Waals surface area contributed by atoms with Gasteiger partial charge in [-0.1, -0.05) is 37.6 Å². The van der Waals surface area contributed by atoms with Crippen LogP contribution in [0.25, 0.3) is 10.9 Å². The summed E-state index contributed by atoms with van der Waals surface area (Å²) in [5, 5.41) is 19.8. The van der Waals surface area contributed by atoms with Gasteiger partial charge in [-0.3, -0.25) is 4.79 Å². The van der Waals surface area contributed by atoms with Crippen LogP contribution in [0.3, 0.4) is 0 Å². The van der Waals surface area contributed by atoms with E-state index < -0.39 is 28.8 Å². The Bertz CT molecular complexity index is 1270. The van der Waals surface area contributed by atoms with E-state index in [1.165, 1.54) is 12.3 Å². The van der Waals surface area contributed by atoms with E-state index in [2.05, 4.69) is 0 Å². The Morgan fingerprint density at radius 3 is 2.60 bits per heavy atom. The summed E-state index contributed by atoms with van der Waals surface area (Å²) in [6.07, 6.45) is 2.81. The van der Waals surface area contributed by atoms with Gasteiger partial charge in [0.2, 0.25) is 5.43 Å². The third-order valence-electron chi connectivity index (χ3n) is 6.03. The lowest BCUT2D eigenvalue weighted by molar-refractivity contribution is 0.0694. The molecule has 0 fully saturated rings. The second kappa shape index (κ2) is 11.7. The van der Waals surface area contributed by atoms with Crippen molar-refractivity contribution >= 4 is 28.5 Å². The lowest BCUT2D eigenvalue weighted by Gasteiger charge is -2.25. The van der Waals surface area contributed by atoms with E-state index in [1.54, 1.807) is 28.8 Å². The van der Waals surface area contributed by atoms with E-state index in [-0.39, 0.29) is 29.4 Å². The van der Waals surface area contributed by atoms with Gasteiger partial charge >= 0.3 is 5.97 Å². The fourth-order valence-corrected chi connectivity index (χ4v) is 4.25. The summed E-state index contributed by atoms with van der Waals surface area (Å²) in [5.41, 5.74) is 5.77. The van der Waals surface area contributed by atoms with Gasteiger partial charge in [-0.2, -0.15) is 0 Å². The highest BCUT2D eigenvalue weighted by atomic mass is 35.5. The molecule has 35 heavy (non-hydrogen) atoms. The molecular weight excluding hydrogens is 475 g/mol. The van der Waals surface area contributed by atoms with Crippen LogP contribution < -0.4 is 15.9 Å². The van der Waals surface area contributed by atoms with Crippen molar-refractivity contribution in [3.8, 4) is 5.75 Å². The maximum Gasteiger partial charge on any atom is 0.341 e. The van der Waals surface area contributed by atoms with Crippen LogP contribution in [-0.4, -0.2) is 40.5 Å². The number of hydrogen-bond acceptors (Lipinski definition) is 5. The zero-order valence-electron chi connectivity index (χ0n) is 19.8. The van der Waals surface area contributed by atoms with Gasteiger partial charge in [0.1, 0.15) is 17.1 Å². The largest absolute Gasteiger partial charge is 0.493 e. The second-order valence-electron chi connectivity index (χ2n) is 8.79. The Morgan fingerprint density at radius 2 is 1.97 bits per heavy atom. The highest BCUT2D eigenvalue weighted by Gasteiger charge is 2.23. The summed E-state index contributed by atoms with van der Waals surface area (Å²) in [5.74, 6) is -1.55. The predicted molar refractivity (Wildman–Crippen MR) is 134 cm³/mol. The number of hydrogen-bond donors (Lipinski definition) is 3. The van der Waals surface area contributed by atoms with Gasteiger partial charge in [0.05, 0.1) is 29.8 Å². The number of rotatable bonds is 11. The van der Waals surface area contributed by atoms with Crippen molar-refractivity contribution in [1.82, 2.24) is 4.57 Å². The lowest BCUT2D eigenvalue weighted by atomic mass is 9.98. The molecule has 0 aliphatic heterocycles. The topological polar surface area (TPSA) is 115 Å². The first-order valence-corrected chi connectivity index (χ1v) is 11.9. The first-order valence-electron chi connectivity index (χ1n) is 11.5. The molecule has 9 heteroatoms. The first kappa shape index (κ1) is 26.7. The van der Waals surface area contributed by atoms with Crippen molar-refractivity contribution < 1.29 is 24.1 Å². The maximum absolute atomic E-state index is 14.7. The Labute approximate surface area is 207 Å². The second-order valence-corrected chi connectivity index (χ2v) is 9.20. The van der Waals surface area contributed by atoms with Crippen LogP contribution in [0.4, 0.5) is 4.39 Å². The normalized spacial score (nSPS) is 12.3. The van der Waals surface area contributed by atoms with Crippen molar-refractivity contribution in [3.63, 3.8) is 0 Å². The number of aromatic carboxylic acids is 1. The number of aliphatic hydroxyl groups is 1. The monoisotopic (exact) mass is 504 g/mol. The van der Waals surface area contributed by atoms with Gasteiger partial charge in [-0.15, -0.1) is 0 Å². The molecule has 0 aliphatic rings. The van der Waals surface area contributed by atoms with Gasteiger partial charge < -0.3 is 25.3 Å². The number of carboxylic acids is 1. The fraction of sp³-hybridized carbons (Fsp3) is 0.385. The summed E-state index contributed by atoms with van der Waals surface area (Å²) < 4.78 is 22.3. The van der Waals surface area contributed by atoms with Gasteiger partial charge in [-0.25, -0.2) is 9.18 Å². The predicted octanol–water partition coefficient (Wildman–Crippen LogP) is 4.39. The number of halogens is 2. The number of aliphatic hydroxyl groups excluding tert-OH is 1. The minimum absolute atomic E-state index is 0.0213. The third-order valence-corrected chi connectivity index (χ3v) is 6.32.